The first-order valence-electron chi connectivity index (χ1n) is 12.3. The van der Waals surface area contributed by atoms with Crippen molar-refractivity contribution in [3.8, 4) is 0 Å². The third-order valence-electron chi connectivity index (χ3n) is 5.43. The lowest BCUT2D eigenvalue weighted by Crippen LogP contribution is -2.20. The van der Waals surface area contributed by atoms with Gasteiger partial charge in [0.1, 0.15) is 18.2 Å². The summed E-state index contributed by atoms with van der Waals surface area (Å²) in [5.41, 5.74) is 2.86. The first-order chi connectivity index (χ1) is 17.3. The van der Waals surface area contributed by atoms with Crippen LogP contribution in [0.3, 0.4) is 0 Å². The molecule has 1 atom stereocenters. The second-order valence-electron chi connectivity index (χ2n) is 8.22. The molecule has 36 heavy (non-hydrogen) atoms. The molecule has 4 nitrogen and oxygen atoms in total. The maximum atomic E-state index is 6.51. The van der Waals surface area contributed by atoms with Crippen LogP contribution in [0.4, 0.5) is 0 Å². The van der Waals surface area contributed by atoms with Gasteiger partial charge in [0.2, 0.25) is 0 Å². The van der Waals surface area contributed by atoms with Crippen molar-refractivity contribution in [2.75, 3.05) is 13.7 Å². The number of hydrogen-bond donors (Lipinski definition) is 1. The molecule has 0 bridgehead atoms. The van der Waals surface area contributed by atoms with E-state index in [0.29, 0.717) is 16.7 Å². The lowest BCUT2D eigenvalue weighted by Gasteiger charge is -2.15. The number of rotatable bonds is 15. The molecular formula is C30H41Cl2N3O. The summed E-state index contributed by atoms with van der Waals surface area (Å²) in [7, 11) is 1.95. The third-order valence-corrected chi connectivity index (χ3v) is 6.09. The molecule has 6 heteroatoms. The van der Waals surface area contributed by atoms with E-state index in [2.05, 4.69) is 54.6 Å². The van der Waals surface area contributed by atoms with Gasteiger partial charge in [0.15, 0.2) is 0 Å². The average Bonchev–Trinajstić information content (AvgIpc) is 3.30. The first kappa shape index (κ1) is 31.5. The van der Waals surface area contributed by atoms with Gasteiger partial charge in [-0.3, -0.25) is 0 Å². The summed E-state index contributed by atoms with van der Waals surface area (Å²) in [5, 5.41) is 4.43. The minimum Gasteiger partial charge on any atom is -0.489 e. The third kappa shape index (κ3) is 11.0. The molecule has 0 aliphatic rings. The molecule has 0 fully saturated rings. The van der Waals surface area contributed by atoms with Crippen molar-refractivity contribution in [2.45, 2.75) is 60.0 Å². The monoisotopic (exact) mass is 529 g/mol. The van der Waals surface area contributed by atoms with Gasteiger partial charge in [-0.2, -0.15) is 0 Å². The normalized spacial score (nSPS) is 15.3. The molecule has 0 saturated carbocycles. The summed E-state index contributed by atoms with van der Waals surface area (Å²) in [4.78, 5) is 4.95. The van der Waals surface area contributed by atoms with Crippen LogP contribution in [-0.2, 0) is 11.3 Å². The number of nitrogens with zero attached hydrogens (tertiary/aromatic N) is 2. The average molecular weight is 531 g/mol. The summed E-state index contributed by atoms with van der Waals surface area (Å²) in [6, 6.07) is 0.0219. The molecule has 1 rings (SSSR count). The smallest absolute Gasteiger partial charge is 0.127 e. The predicted molar refractivity (Wildman–Crippen MR) is 158 cm³/mol. The number of ether oxygens (including phenoxy) is 1. The van der Waals surface area contributed by atoms with E-state index in [4.69, 9.17) is 32.9 Å². The van der Waals surface area contributed by atoms with Gasteiger partial charge in [-0.25, -0.2) is 4.98 Å². The Hall–Kier alpha value is -2.53. The van der Waals surface area contributed by atoms with E-state index in [9.17, 15) is 0 Å². The topological polar surface area (TPSA) is 39.1 Å². The van der Waals surface area contributed by atoms with Crippen LogP contribution in [0.15, 0.2) is 94.9 Å². The lowest BCUT2D eigenvalue weighted by atomic mass is 10.1. The summed E-state index contributed by atoms with van der Waals surface area (Å²) in [5.74, 6) is 1.77. The van der Waals surface area contributed by atoms with Crippen LogP contribution in [-0.4, -0.2) is 23.2 Å². The first-order valence-corrected chi connectivity index (χ1v) is 13.1. The fourth-order valence-electron chi connectivity index (χ4n) is 3.13. The highest BCUT2D eigenvalue weighted by Gasteiger charge is 2.17. The van der Waals surface area contributed by atoms with Gasteiger partial charge < -0.3 is 14.6 Å². The molecule has 0 spiro atoms. The van der Waals surface area contributed by atoms with Gasteiger partial charge in [-0.05, 0) is 77.0 Å². The van der Waals surface area contributed by atoms with Gasteiger partial charge in [-0.1, -0.05) is 79.2 Å². The fourth-order valence-corrected chi connectivity index (χ4v) is 3.51. The molecule has 1 heterocycles. The lowest BCUT2D eigenvalue weighted by molar-refractivity contribution is 0.253. The van der Waals surface area contributed by atoms with Crippen LogP contribution in [0.1, 0.15) is 65.0 Å². The highest BCUT2D eigenvalue weighted by atomic mass is 35.5. The highest BCUT2D eigenvalue weighted by molar-refractivity contribution is 6.37. The van der Waals surface area contributed by atoms with E-state index in [-0.39, 0.29) is 6.04 Å². The molecule has 0 radical (unpaired) electrons. The Balaban J connectivity index is 3.22. The molecule has 0 aliphatic heterocycles. The van der Waals surface area contributed by atoms with Crippen LogP contribution < -0.4 is 5.32 Å². The van der Waals surface area contributed by atoms with Crippen molar-refractivity contribution < 1.29 is 4.74 Å². The molecule has 196 valence electrons. The van der Waals surface area contributed by atoms with Gasteiger partial charge in [0.05, 0.1) is 11.7 Å². The van der Waals surface area contributed by atoms with Gasteiger partial charge in [-0.15, -0.1) is 0 Å². The van der Waals surface area contributed by atoms with E-state index in [1.165, 1.54) is 5.57 Å². The van der Waals surface area contributed by atoms with Gasteiger partial charge in [0.25, 0.3) is 0 Å². The van der Waals surface area contributed by atoms with Gasteiger partial charge >= 0.3 is 0 Å². The SMILES string of the molecule is C=C/C(Cl)=C\C(Cl)=C(/C)c1cn(C/C=C/CC)c(C(C/C=C/C=C(\C=C/C)OC/C(C)=C/C)NC)n1. The van der Waals surface area contributed by atoms with Crippen molar-refractivity contribution in [1.82, 2.24) is 14.9 Å². The minimum absolute atomic E-state index is 0.0219. The van der Waals surface area contributed by atoms with E-state index in [1.807, 2.05) is 58.3 Å². The van der Waals surface area contributed by atoms with E-state index in [1.54, 1.807) is 12.2 Å². The quantitative estimate of drug-likeness (QED) is 0.140. The Labute approximate surface area is 228 Å². The Kier molecular flexibility index (Phi) is 15.6. The standard InChI is InChI=1S/C30H41Cl2N3O/c1-8-12-15-19-35-21-29(24(6)27(32)20-25(31)11-4)34-30(35)28(33-7)18-14-13-17-26(16-9-2)36-22-23(5)10-3/h9-17,20-21,28,33H,4,8,18-19,22H2,1-3,5-7H3/b14-13+,15-12+,16-9-,23-10+,25-20+,26-17+,27-24-. The number of aromatic nitrogens is 2. The zero-order chi connectivity index (χ0) is 26.9. The number of hydrogen-bond acceptors (Lipinski definition) is 3. The van der Waals surface area contributed by atoms with Crippen LogP contribution in [0, 0.1) is 0 Å². The molecule has 0 amide bonds. The summed E-state index contributed by atoms with van der Waals surface area (Å²) >= 11 is 12.6. The van der Waals surface area contributed by atoms with Crippen molar-refractivity contribution >= 4 is 28.8 Å². The summed E-state index contributed by atoms with van der Waals surface area (Å²) < 4.78 is 8.05. The largest absolute Gasteiger partial charge is 0.489 e. The number of nitrogens with one attached hydrogen (secondary N) is 1. The second kappa shape index (κ2) is 17.8. The number of halogens is 2. The molecular weight excluding hydrogens is 489 g/mol. The van der Waals surface area contributed by atoms with Crippen LogP contribution in [0.25, 0.3) is 5.57 Å². The van der Waals surface area contributed by atoms with Crippen molar-refractivity contribution in [1.29, 1.82) is 0 Å². The van der Waals surface area contributed by atoms with Gasteiger partial charge in [0, 0.05) is 22.8 Å². The molecule has 1 N–H and O–H groups in total. The number of allylic oxidation sites excluding steroid dienone is 12. The molecule has 1 aromatic rings. The fraction of sp³-hybridized carbons (Fsp3) is 0.367. The maximum Gasteiger partial charge on any atom is 0.127 e. The Morgan fingerprint density at radius 2 is 1.97 bits per heavy atom. The summed E-state index contributed by atoms with van der Waals surface area (Å²) in [6.07, 6.45) is 23.5. The van der Waals surface area contributed by atoms with E-state index >= 15 is 0 Å². The summed E-state index contributed by atoms with van der Waals surface area (Å²) in [6.45, 7) is 15.1. The Bertz CT molecular complexity index is 1050. The molecule has 0 saturated heterocycles. The highest BCUT2D eigenvalue weighted by Crippen LogP contribution is 2.26. The van der Waals surface area contributed by atoms with Crippen molar-refractivity contribution in [2.24, 2.45) is 0 Å². The van der Waals surface area contributed by atoms with Crippen LogP contribution >= 0.6 is 23.2 Å². The van der Waals surface area contributed by atoms with E-state index in [0.717, 1.165) is 42.2 Å². The number of imidazole rings is 1. The van der Waals surface area contributed by atoms with Crippen molar-refractivity contribution in [3.05, 3.63) is 106 Å². The molecule has 1 unspecified atom stereocenters. The molecule has 0 aliphatic carbocycles. The maximum absolute atomic E-state index is 6.51. The molecule has 1 aromatic heterocycles. The molecule has 0 aromatic carbocycles. The zero-order valence-electron chi connectivity index (χ0n) is 22.5. The van der Waals surface area contributed by atoms with Crippen LogP contribution in [0.2, 0.25) is 0 Å². The minimum atomic E-state index is 0.0219. The van der Waals surface area contributed by atoms with Crippen molar-refractivity contribution in [3.63, 3.8) is 0 Å². The zero-order valence-corrected chi connectivity index (χ0v) is 24.0. The van der Waals surface area contributed by atoms with Crippen LogP contribution in [0.5, 0.6) is 0 Å². The predicted octanol–water partition coefficient (Wildman–Crippen LogP) is 8.78. The second-order valence-corrected chi connectivity index (χ2v) is 9.06. The Morgan fingerprint density at radius 3 is 2.58 bits per heavy atom. The Morgan fingerprint density at radius 1 is 1.22 bits per heavy atom. The van der Waals surface area contributed by atoms with E-state index < -0.39 is 0 Å².